The van der Waals surface area contributed by atoms with Crippen LogP contribution in [0.15, 0.2) is 53.7 Å². The largest absolute Gasteiger partial charge is 0.418 e. The van der Waals surface area contributed by atoms with Crippen molar-refractivity contribution in [2.75, 3.05) is 0 Å². The third-order valence-electron chi connectivity index (χ3n) is 7.28. The zero-order chi connectivity index (χ0) is 28.6. The van der Waals surface area contributed by atoms with Gasteiger partial charge in [0.25, 0.3) is 5.56 Å². The van der Waals surface area contributed by atoms with E-state index in [1.54, 1.807) is 6.07 Å². The highest BCUT2D eigenvalue weighted by molar-refractivity contribution is 5.49. The van der Waals surface area contributed by atoms with Gasteiger partial charge in [-0.1, -0.05) is 12.1 Å². The van der Waals surface area contributed by atoms with Crippen LogP contribution in [0.25, 0.3) is 11.5 Å². The molecule has 0 aliphatic heterocycles. The average molecular weight is 563 g/mol. The van der Waals surface area contributed by atoms with Crippen LogP contribution in [0.1, 0.15) is 72.0 Å². The predicted octanol–water partition coefficient (Wildman–Crippen LogP) is 6.25. The first-order chi connectivity index (χ1) is 19.0. The molecule has 40 heavy (non-hydrogen) atoms. The minimum absolute atomic E-state index is 0.0365. The summed E-state index contributed by atoms with van der Waals surface area (Å²) in [6, 6.07) is 8.32. The maximum Gasteiger partial charge on any atom is 0.418 e. The zero-order valence-electron chi connectivity index (χ0n) is 21.2. The fraction of sp³-hybridized carbons (Fsp3) is 0.370. The minimum atomic E-state index is -4.71. The molecule has 1 aliphatic carbocycles. The van der Waals surface area contributed by atoms with Crippen molar-refractivity contribution in [2.24, 2.45) is 0 Å². The lowest BCUT2D eigenvalue weighted by Gasteiger charge is -2.30. The normalized spacial score (nSPS) is 17.9. The number of nitrogens with zero attached hydrogens (tertiary/aromatic N) is 6. The fourth-order valence-electron chi connectivity index (χ4n) is 5.38. The average Bonchev–Trinajstić information content (AvgIpc) is 3.41. The number of rotatable bonds is 6. The van der Waals surface area contributed by atoms with Crippen molar-refractivity contribution in [3.05, 3.63) is 93.0 Å². The highest BCUT2D eigenvalue weighted by atomic mass is 19.4. The summed E-state index contributed by atoms with van der Waals surface area (Å²) in [5.74, 6) is -0.851. The number of halogens is 6. The van der Waals surface area contributed by atoms with E-state index in [1.807, 2.05) is 13.0 Å². The summed E-state index contributed by atoms with van der Waals surface area (Å²) in [4.78, 5) is 21.2. The van der Waals surface area contributed by atoms with Crippen molar-refractivity contribution in [2.45, 2.75) is 63.7 Å². The van der Waals surface area contributed by atoms with Crippen LogP contribution in [0.2, 0.25) is 0 Å². The Balaban J connectivity index is 1.52. The van der Waals surface area contributed by atoms with E-state index in [1.165, 1.54) is 18.3 Å². The summed E-state index contributed by atoms with van der Waals surface area (Å²) in [7, 11) is 0. The van der Waals surface area contributed by atoms with E-state index in [0.717, 1.165) is 28.7 Å². The SMILES string of the molecule is Cc1cccc(F)c1C1CCC(c2cc(-c3ncn(C(F)F)n3)nn(Cc3ncccc3C(F)(F)F)c2=O)CC1. The molecular formula is C27H24F6N6O. The highest BCUT2D eigenvalue weighted by Crippen LogP contribution is 2.41. The Morgan fingerprint density at radius 3 is 2.38 bits per heavy atom. The molecule has 0 spiro atoms. The Morgan fingerprint density at radius 1 is 1.00 bits per heavy atom. The molecule has 0 saturated heterocycles. The van der Waals surface area contributed by atoms with Crippen LogP contribution in [0.4, 0.5) is 26.3 Å². The Hall–Kier alpha value is -4.03. The highest BCUT2D eigenvalue weighted by Gasteiger charge is 2.34. The number of benzene rings is 1. The maximum atomic E-state index is 14.6. The molecule has 13 heteroatoms. The van der Waals surface area contributed by atoms with Crippen LogP contribution in [0, 0.1) is 12.7 Å². The van der Waals surface area contributed by atoms with Gasteiger partial charge in [0.1, 0.15) is 17.8 Å². The summed E-state index contributed by atoms with van der Waals surface area (Å²) in [5.41, 5.74) is -0.355. The summed E-state index contributed by atoms with van der Waals surface area (Å²) >= 11 is 0. The van der Waals surface area contributed by atoms with Gasteiger partial charge in [0.15, 0.2) is 0 Å². The molecule has 0 unspecified atom stereocenters. The number of hydrogen-bond donors (Lipinski definition) is 0. The van der Waals surface area contributed by atoms with Gasteiger partial charge in [0, 0.05) is 11.8 Å². The van der Waals surface area contributed by atoms with Crippen LogP contribution in [0.3, 0.4) is 0 Å². The van der Waals surface area contributed by atoms with Crippen LogP contribution >= 0.6 is 0 Å². The molecule has 3 heterocycles. The van der Waals surface area contributed by atoms with Gasteiger partial charge < -0.3 is 0 Å². The fourth-order valence-corrected chi connectivity index (χ4v) is 5.38. The standard InChI is InChI=1S/C27H24F6N6O/c1-15-4-2-6-20(28)23(15)17-9-7-16(8-10-17)18-12-21(24-35-14-39(37-24)26(29)30)36-38(25(18)40)13-22-19(27(31,32)33)5-3-11-34-22/h2-6,11-12,14,16-17,26H,7-10,13H2,1H3. The maximum absolute atomic E-state index is 14.6. The molecule has 0 atom stereocenters. The Morgan fingerprint density at radius 2 is 1.73 bits per heavy atom. The van der Waals surface area contributed by atoms with E-state index in [2.05, 4.69) is 20.2 Å². The molecule has 1 saturated carbocycles. The minimum Gasteiger partial charge on any atom is -0.267 e. The van der Waals surface area contributed by atoms with E-state index < -0.39 is 36.1 Å². The first-order valence-corrected chi connectivity index (χ1v) is 12.6. The monoisotopic (exact) mass is 562 g/mol. The number of pyridine rings is 1. The summed E-state index contributed by atoms with van der Waals surface area (Å²) in [6.45, 7) is -1.72. The van der Waals surface area contributed by atoms with Gasteiger partial charge in [-0.2, -0.15) is 31.7 Å². The van der Waals surface area contributed by atoms with E-state index in [-0.39, 0.29) is 34.7 Å². The Bertz CT molecular complexity index is 1550. The molecule has 1 fully saturated rings. The molecule has 4 aromatic rings. The molecule has 5 rings (SSSR count). The second-order valence-electron chi connectivity index (χ2n) is 9.79. The van der Waals surface area contributed by atoms with E-state index in [0.29, 0.717) is 35.9 Å². The van der Waals surface area contributed by atoms with Gasteiger partial charge in [-0.05, 0) is 79.8 Å². The first kappa shape index (κ1) is 27.5. The Kier molecular flexibility index (Phi) is 7.47. The first-order valence-electron chi connectivity index (χ1n) is 12.6. The van der Waals surface area contributed by atoms with Crippen molar-refractivity contribution in [3.8, 4) is 11.5 Å². The second-order valence-corrected chi connectivity index (χ2v) is 9.79. The molecule has 1 aromatic carbocycles. The summed E-state index contributed by atoms with van der Waals surface area (Å²) in [5, 5.41) is 7.85. The van der Waals surface area contributed by atoms with Gasteiger partial charge in [0.2, 0.25) is 5.82 Å². The molecule has 0 N–H and O–H groups in total. The number of alkyl halides is 5. The topological polar surface area (TPSA) is 78.5 Å². The van der Waals surface area contributed by atoms with Crippen LogP contribution in [-0.2, 0) is 12.7 Å². The van der Waals surface area contributed by atoms with Gasteiger partial charge in [-0.15, -0.1) is 5.10 Å². The molecule has 0 amide bonds. The van der Waals surface area contributed by atoms with E-state index >= 15 is 0 Å². The van der Waals surface area contributed by atoms with Gasteiger partial charge in [-0.3, -0.25) is 9.78 Å². The predicted molar refractivity (Wildman–Crippen MR) is 132 cm³/mol. The van der Waals surface area contributed by atoms with Crippen molar-refractivity contribution in [1.29, 1.82) is 0 Å². The number of aromatic nitrogens is 6. The molecule has 210 valence electrons. The summed E-state index contributed by atoms with van der Waals surface area (Å²) in [6.07, 6.45) is -0.548. The third-order valence-corrected chi connectivity index (χ3v) is 7.28. The summed E-state index contributed by atoms with van der Waals surface area (Å²) < 4.78 is 82.8. The quantitative estimate of drug-likeness (QED) is 0.260. The number of hydrogen-bond acceptors (Lipinski definition) is 5. The van der Waals surface area contributed by atoms with Crippen LogP contribution in [0.5, 0.6) is 0 Å². The molecule has 0 radical (unpaired) electrons. The van der Waals surface area contributed by atoms with Crippen LogP contribution < -0.4 is 5.56 Å². The van der Waals surface area contributed by atoms with Gasteiger partial charge in [0.05, 0.1) is 17.8 Å². The molecule has 3 aromatic heterocycles. The lowest BCUT2D eigenvalue weighted by Crippen LogP contribution is -2.31. The number of aryl methyl sites for hydroxylation is 1. The molecule has 7 nitrogen and oxygen atoms in total. The van der Waals surface area contributed by atoms with Gasteiger partial charge >= 0.3 is 12.7 Å². The van der Waals surface area contributed by atoms with Crippen molar-refractivity contribution >= 4 is 0 Å². The van der Waals surface area contributed by atoms with Gasteiger partial charge in [-0.25, -0.2) is 14.1 Å². The van der Waals surface area contributed by atoms with Crippen molar-refractivity contribution < 1.29 is 26.3 Å². The smallest absolute Gasteiger partial charge is 0.267 e. The molecule has 0 bridgehead atoms. The lowest BCUT2D eigenvalue weighted by molar-refractivity contribution is -0.138. The zero-order valence-corrected chi connectivity index (χ0v) is 21.2. The second kappa shape index (κ2) is 10.9. The van der Waals surface area contributed by atoms with Crippen molar-refractivity contribution in [1.82, 2.24) is 29.5 Å². The molecule has 1 aliphatic rings. The molecular weight excluding hydrogens is 538 g/mol. The van der Waals surface area contributed by atoms with Crippen LogP contribution in [-0.4, -0.2) is 29.5 Å². The Labute approximate surface area is 224 Å². The third kappa shape index (κ3) is 5.50. The lowest BCUT2D eigenvalue weighted by atomic mass is 9.75. The van der Waals surface area contributed by atoms with Crippen molar-refractivity contribution in [3.63, 3.8) is 0 Å². The van der Waals surface area contributed by atoms with E-state index in [9.17, 15) is 31.1 Å². The van der Waals surface area contributed by atoms with E-state index in [4.69, 9.17) is 0 Å².